The van der Waals surface area contributed by atoms with Crippen LogP contribution in [0.3, 0.4) is 0 Å². The Bertz CT molecular complexity index is 1410. The molecule has 1 atom stereocenters. The molecule has 1 amide bonds. The summed E-state index contributed by atoms with van der Waals surface area (Å²) < 4.78 is 41.9. The van der Waals surface area contributed by atoms with Gasteiger partial charge in [-0.25, -0.2) is 0 Å². The van der Waals surface area contributed by atoms with Gasteiger partial charge in [-0.3, -0.25) is 14.5 Å². The molecule has 1 fully saturated rings. The summed E-state index contributed by atoms with van der Waals surface area (Å²) in [6, 6.07) is 4.88. The summed E-state index contributed by atoms with van der Waals surface area (Å²) in [5.41, 5.74) is 1.77. The van der Waals surface area contributed by atoms with Crippen LogP contribution in [0.5, 0.6) is 0 Å². The second kappa shape index (κ2) is 9.85. The smallest absolute Gasteiger partial charge is 0.416 e. The monoisotopic (exact) mass is 555 g/mol. The standard InChI is InChI=1S/C26H26Cl2F3N3O3/c1-13-9-16(26(29,30)31)11-19-17(13)12-20(32(19)4)21-22(27)14(2)10-18(23(21)28)24(35)34-7-5-33(6-8-34)15(3)25(36)37/h9-12,15H,5-8H2,1-4H3,(H,36,37). The Kier molecular flexibility index (Phi) is 7.27. The minimum Gasteiger partial charge on any atom is -0.480 e. The first kappa shape index (κ1) is 27.3. The highest BCUT2D eigenvalue weighted by Gasteiger charge is 2.33. The molecule has 1 unspecified atom stereocenters. The number of benzene rings is 2. The molecule has 0 radical (unpaired) electrons. The number of hydrogen-bond acceptors (Lipinski definition) is 3. The number of carbonyl (C=O) groups is 2. The van der Waals surface area contributed by atoms with Crippen LogP contribution in [-0.2, 0) is 18.0 Å². The molecule has 0 spiro atoms. The number of nitrogens with zero attached hydrogens (tertiary/aromatic N) is 3. The van der Waals surface area contributed by atoms with Crippen molar-refractivity contribution in [1.82, 2.24) is 14.4 Å². The van der Waals surface area contributed by atoms with Crippen molar-refractivity contribution in [3.63, 3.8) is 0 Å². The third-order valence-corrected chi connectivity index (χ3v) is 7.95. The fourth-order valence-corrected chi connectivity index (χ4v) is 5.42. The maximum atomic E-state index is 13.5. The van der Waals surface area contributed by atoms with Crippen molar-refractivity contribution in [3.05, 3.63) is 56.6 Å². The average Bonchev–Trinajstić information content (AvgIpc) is 3.17. The molecular weight excluding hydrogens is 530 g/mol. The summed E-state index contributed by atoms with van der Waals surface area (Å²) in [5, 5.41) is 10.3. The van der Waals surface area contributed by atoms with Crippen molar-refractivity contribution in [2.75, 3.05) is 26.2 Å². The van der Waals surface area contributed by atoms with Gasteiger partial charge >= 0.3 is 12.1 Å². The molecule has 1 aliphatic rings. The van der Waals surface area contributed by atoms with Gasteiger partial charge < -0.3 is 14.6 Å². The number of carboxylic acids is 1. The number of rotatable bonds is 4. The molecular formula is C26H26Cl2F3N3O3. The molecule has 2 heterocycles. The quantitative estimate of drug-likeness (QED) is 0.427. The van der Waals surface area contributed by atoms with Crippen LogP contribution >= 0.6 is 23.2 Å². The van der Waals surface area contributed by atoms with E-state index in [9.17, 15) is 27.9 Å². The first-order chi connectivity index (χ1) is 17.2. The molecule has 198 valence electrons. The number of hydrogen-bond donors (Lipinski definition) is 1. The highest BCUT2D eigenvalue weighted by molar-refractivity contribution is 6.41. The van der Waals surface area contributed by atoms with Crippen molar-refractivity contribution in [2.45, 2.75) is 33.0 Å². The predicted molar refractivity (Wildman–Crippen MR) is 137 cm³/mol. The number of halogens is 5. The van der Waals surface area contributed by atoms with Crippen molar-refractivity contribution in [2.24, 2.45) is 7.05 Å². The molecule has 11 heteroatoms. The molecule has 1 aromatic heterocycles. The number of amides is 1. The molecule has 0 bridgehead atoms. The van der Waals surface area contributed by atoms with Gasteiger partial charge in [0.05, 0.1) is 26.9 Å². The Labute approximate surface area is 222 Å². The van der Waals surface area contributed by atoms with E-state index < -0.39 is 23.8 Å². The van der Waals surface area contributed by atoms with Crippen molar-refractivity contribution in [1.29, 1.82) is 0 Å². The Morgan fingerprint density at radius 2 is 1.59 bits per heavy atom. The second-order valence-corrected chi connectivity index (χ2v) is 10.2. The summed E-state index contributed by atoms with van der Waals surface area (Å²) in [6.07, 6.45) is -4.49. The zero-order valence-corrected chi connectivity index (χ0v) is 22.2. The Morgan fingerprint density at radius 3 is 2.16 bits per heavy atom. The van der Waals surface area contributed by atoms with Crippen molar-refractivity contribution in [3.8, 4) is 11.3 Å². The molecule has 2 aromatic carbocycles. The lowest BCUT2D eigenvalue weighted by molar-refractivity contribution is -0.143. The predicted octanol–water partition coefficient (Wildman–Crippen LogP) is 6.02. The van der Waals surface area contributed by atoms with E-state index in [0.29, 0.717) is 64.5 Å². The Morgan fingerprint density at radius 1 is 0.973 bits per heavy atom. The van der Waals surface area contributed by atoms with E-state index in [1.165, 1.54) is 0 Å². The third-order valence-electron chi connectivity index (χ3n) is 7.07. The topological polar surface area (TPSA) is 65.8 Å². The lowest BCUT2D eigenvalue weighted by Gasteiger charge is -2.36. The maximum absolute atomic E-state index is 13.5. The summed E-state index contributed by atoms with van der Waals surface area (Å²) in [6.45, 7) is 6.42. The molecule has 0 saturated carbocycles. The molecule has 6 nitrogen and oxygen atoms in total. The van der Waals surface area contributed by atoms with E-state index in [0.717, 1.165) is 12.1 Å². The molecule has 1 N–H and O–H groups in total. The van der Waals surface area contributed by atoms with Crippen molar-refractivity contribution < 1.29 is 27.9 Å². The second-order valence-electron chi connectivity index (χ2n) is 9.40. The minimum atomic E-state index is -4.49. The number of carbonyl (C=O) groups excluding carboxylic acids is 1. The summed E-state index contributed by atoms with van der Waals surface area (Å²) in [4.78, 5) is 28.2. The molecule has 1 saturated heterocycles. The van der Waals surface area contributed by atoms with Crippen LogP contribution in [0.4, 0.5) is 13.2 Å². The normalized spacial score (nSPS) is 15.9. The SMILES string of the molecule is Cc1cc(C(=O)N2CCN(C(C)C(=O)O)CC2)c(Cl)c(-c2cc3c(C)cc(C(F)(F)F)cc3n2C)c1Cl. The average molecular weight is 556 g/mol. The van der Waals surface area contributed by atoms with Crippen molar-refractivity contribution >= 4 is 46.0 Å². The fourth-order valence-electron chi connectivity index (χ4n) is 4.80. The third kappa shape index (κ3) is 4.92. The van der Waals surface area contributed by atoms with Crippen LogP contribution in [-0.4, -0.2) is 63.6 Å². The highest BCUT2D eigenvalue weighted by atomic mass is 35.5. The van der Waals surface area contributed by atoms with Gasteiger partial charge in [0.15, 0.2) is 0 Å². The van der Waals surface area contributed by atoms with E-state index in [2.05, 4.69) is 0 Å². The van der Waals surface area contributed by atoms with Crippen LogP contribution in [0, 0.1) is 13.8 Å². The maximum Gasteiger partial charge on any atom is 0.416 e. The molecule has 4 rings (SSSR count). The number of alkyl halides is 3. The minimum absolute atomic E-state index is 0.113. The van der Waals surface area contributed by atoms with Crippen LogP contribution < -0.4 is 0 Å². The number of carboxylic acid groups (broad SMARTS) is 1. The molecule has 37 heavy (non-hydrogen) atoms. The van der Waals surface area contributed by atoms with Crippen LogP contribution in [0.2, 0.25) is 10.0 Å². The van der Waals surface area contributed by atoms with Gasteiger partial charge in [-0.05, 0) is 56.2 Å². The van der Waals surface area contributed by atoms with Gasteiger partial charge in [0.25, 0.3) is 5.91 Å². The van der Waals surface area contributed by atoms with E-state index >= 15 is 0 Å². The molecule has 3 aromatic rings. The zero-order chi connectivity index (χ0) is 27.4. The highest BCUT2D eigenvalue weighted by Crippen LogP contribution is 2.43. The van der Waals surface area contributed by atoms with E-state index in [1.54, 1.807) is 54.3 Å². The largest absolute Gasteiger partial charge is 0.480 e. The lowest BCUT2D eigenvalue weighted by Crippen LogP contribution is -2.53. The van der Waals surface area contributed by atoms with Gasteiger partial charge in [-0.2, -0.15) is 13.2 Å². The van der Waals surface area contributed by atoms with E-state index in [1.807, 2.05) is 0 Å². The number of piperazine rings is 1. The van der Waals surface area contributed by atoms with E-state index in [4.69, 9.17) is 23.2 Å². The van der Waals surface area contributed by atoms with Gasteiger partial charge in [-0.15, -0.1) is 0 Å². The lowest BCUT2D eigenvalue weighted by atomic mass is 10.0. The number of aliphatic carboxylic acids is 1. The first-order valence-corrected chi connectivity index (χ1v) is 12.4. The molecule has 0 aliphatic carbocycles. The van der Waals surface area contributed by atoms with Crippen LogP contribution in [0.15, 0.2) is 24.3 Å². The fraction of sp³-hybridized carbons (Fsp3) is 0.385. The van der Waals surface area contributed by atoms with Gasteiger partial charge in [0.1, 0.15) is 6.04 Å². The van der Waals surface area contributed by atoms with Gasteiger partial charge in [-0.1, -0.05) is 23.2 Å². The van der Waals surface area contributed by atoms with E-state index in [-0.39, 0.29) is 16.5 Å². The number of aryl methyl sites for hydroxylation is 3. The number of fused-ring (bicyclic) bond motifs is 1. The zero-order valence-electron chi connectivity index (χ0n) is 20.7. The summed E-state index contributed by atoms with van der Waals surface area (Å²) >= 11 is 13.4. The van der Waals surface area contributed by atoms with Gasteiger partial charge in [0, 0.05) is 49.7 Å². The Hall–Kier alpha value is -2.75. The Balaban J connectivity index is 1.76. The van der Waals surface area contributed by atoms with Crippen LogP contribution in [0.1, 0.15) is 34.0 Å². The first-order valence-electron chi connectivity index (χ1n) is 11.6. The van der Waals surface area contributed by atoms with Gasteiger partial charge in [0.2, 0.25) is 0 Å². The number of aromatic nitrogens is 1. The summed E-state index contributed by atoms with van der Waals surface area (Å²) in [5.74, 6) is -1.24. The molecule has 1 aliphatic heterocycles. The van der Waals surface area contributed by atoms with Crippen LogP contribution in [0.25, 0.3) is 22.2 Å². The summed E-state index contributed by atoms with van der Waals surface area (Å²) in [7, 11) is 1.64.